The van der Waals surface area contributed by atoms with Gasteiger partial charge in [-0.05, 0) is 50.6 Å². The summed E-state index contributed by atoms with van der Waals surface area (Å²) in [7, 11) is 0. The smallest absolute Gasteiger partial charge is 0.112 e. The molecule has 4 nitrogen and oxygen atoms in total. The number of aromatic nitrogens is 2. The molecule has 1 aliphatic heterocycles. The third-order valence-electron chi connectivity index (χ3n) is 4.14. The lowest BCUT2D eigenvalue weighted by Crippen LogP contribution is -2.21. The number of anilines is 1. The van der Waals surface area contributed by atoms with Crippen molar-refractivity contribution in [1.29, 1.82) is 0 Å². The van der Waals surface area contributed by atoms with Gasteiger partial charge in [-0.2, -0.15) is 0 Å². The molecule has 1 atom stereocenters. The fraction of sp³-hybridized carbons (Fsp3) is 0.588. The van der Waals surface area contributed by atoms with Crippen LogP contribution in [0.5, 0.6) is 0 Å². The van der Waals surface area contributed by atoms with Crippen molar-refractivity contribution in [3.8, 4) is 0 Å². The van der Waals surface area contributed by atoms with Crippen LogP contribution in [0, 0.1) is 0 Å². The molecule has 21 heavy (non-hydrogen) atoms. The zero-order valence-electron chi connectivity index (χ0n) is 13.3. The highest BCUT2D eigenvalue weighted by atomic mass is 15.0. The first-order valence-corrected chi connectivity index (χ1v) is 8.00. The van der Waals surface area contributed by atoms with Crippen molar-refractivity contribution in [2.75, 3.05) is 18.4 Å². The lowest BCUT2D eigenvalue weighted by atomic mass is 9.96. The second-order valence-electron chi connectivity index (χ2n) is 7.09. The van der Waals surface area contributed by atoms with Crippen molar-refractivity contribution < 1.29 is 0 Å². The Labute approximate surface area is 126 Å². The minimum atomic E-state index is 0.0551. The predicted molar refractivity (Wildman–Crippen MR) is 88.9 cm³/mol. The van der Waals surface area contributed by atoms with Crippen LogP contribution < -0.4 is 10.6 Å². The van der Waals surface area contributed by atoms with Gasteiger partial charge in [0.15, 0.2) is 0 Å². The van der Waals surface area contributed by atoms with Gasteiger partial charge < -0.3 is 15.6 Å². The number of benzene rings is 1. The van der Waals surface area contributed by atoms with Crippen LogP contribution in [0.2, 0.25) is 0 Å². The molecule has 0 radical (unpaired) electrons. The molecule has 0 aliphatic carbocycles. The minimum absolute atomic E-state index is 0.0551. The van der Waals surface area contributed by atoms with Gasteiger partial charge in [0.25, 0.3) is 0 Å². The number of imidazole rings is 1. The number of nitrogens with zero attached hydrogens (tertiary/aromatic N) is 1. The van der Waals surface area contributed by atoms with Crippen molar-refractivity contribution >= 4 is 16.7 Å². The van der Waals surface area contributed by atoms with E-state index in [1.165, 1.54) is 24.9 Å². The first kappa shape index (κ1) is 14.4. The van der Waals surface area contributed by atoms with Crippen LogP contribution in [0.3, 0.4) is 0 Å². The van der Waals surface area contributed by atoms with Crippen LogP contribution >= 0.6 is 0 Å². The van der Waals surface area contributed by atoms with Gasteiger partial charge >= 0.3 is 0 Å². The highest BCUT2D eigenvalue weighted by molar-refractivity contribution is 5.79. The summed E-state index contributed by atoms with van der Waals surface area (Å²) < 4.78 is 0. The Morgan fingerprint density at radius 1 is 1.19 bits per heavy atom. The Kier molecular flexibility index (Phi) is 3.89. The molecule has 0 amide bonds. The van der Waals surface area contributed by atoms with E-state index in [1.807, 2.05) is 0 Å². The van der Waals surface area contributed by atoms with E-state index in [0.717, 1.165) is 29.9 Å². The molecule has 1 unspecified atom stereocenters. The molecule has 1 aliphatic rings. The molecule has 2 aromatic rings. The molecular weight excluding hydrogens is 260 g/mol. The first-order valence-electron chi connectivity index (χ1n) is 8.00. The van der Waals surface area contributed by atoms with Gasteiger partial charge in [0.2, 0.25) is 0 Å². The average molecular weight is 286 g/mol. The van der Waals surface area contributed by atoms with Crippen LogP contribution in [-0.2, 0) is 5.41 Å². The Hall–Kier alpha value is -1.55. The topological polar surface area (TPSA) is 52.7 Å². The number of hydrogen-bond acceptors (Lipinski definition) is 3. The summed E-state index contributed by atoms with van der Waals surface area (Å²) in [6.45, 7) is 8.80. The third kappa shape index (κ3) is 3.38. The van der Waals surface area contributed by atoms with E-state index in [0.29, 0.717) is 6.04 Å². The molecule has 0 bridgehead atoms. The highest BCUT2D eigenvalue weighted by Crippen LogP contribution is 2.25. The lowest BCUT2D eigenvalue weighted by molar-refractivity contribution is 0.554. The van der Waals surface area contributed by atoms with E-state index in [-0.39, 0.29) is 5.41 Å². The number of rotatable bonds is 2. The van der Waals surface area contributed by atoms with E-state index in [1.54, 1.807) is 0 Å². The summed E-state index contributed by atoms with van der Waals surface area (Å²) in [5, 5.41) is 7.13. The molecule has 1 fully saturated rings. The number of nitrogens with one attached hydrogen (secondary N) is 3. The van der Waals surface area contributed by atoms with Gasteiger partial charge in [0.1, 0.15) is 5.82 Å². The van der Waals surface area contributed by atoms with Crippen molar-refractivity contribution in [2.24, 2.45) is 0 Å². The predicted octanol–water partition coefficient (Wildman–Crippen LogP) is 3.41. The molecule has 2 heterocycles. The highest BCUT2D eigenvalue weighted by Gasteiger charge is 2.18. The fourth-order valence-electron chi connectivity index (χ4n) is 2.85. The summed E-state index contributed by atoms with van der Waals surface area (Å²) in [5.41, 5.74) is 3.42. The molecule has 4 heteroatoms. The molecule has 1 aromatic carbocycles. The fourth-order valence-corrected chi connectivity index (χ4v) is 2.85. The monoisotopic (exact) mass is 286 g/mol. The normalized spacial score (nSPS) is 20.4. The van der Waals surface area contributed by atoms with Crippen molar-refractivity contribution in [3.05, 3.63) is 24.0 Å². The van der Waals surface area contributed by atoms with Crippen LogP contribution in [0.25, 0.3) is 11.0 Å². The molecule has 1 saturated heterocycles. The van der Waals surface area contributed by atoms with Gasteiger partial charge in [-0.3, -0.25) is 0 Å². The third-order valence-corrected chi connectivity index (χ3v) is 4.14. The summed E-state index contributed by atoms with van der Waals surface area (Å²) in [4.78, 5) is 8.16. The van der Waals surface area contributed by atoms with E-state index in [4.69, 9.17) is 4.98 Å². The van der Waals surface area contributed by atoms with Crippen LogP contribution in [-0.4, -0.2) is 29.1 Å². The molecule has 3 N–H and O–H groups in total. The summed E-state index contributed by atoms with van der Waals surface area (Å²) in [5.74, 6) is 1.05. The maximum absolute atomic E-state index is 4.69. The molecule has 114 valence electrons. The Balaban J connectivity index is 1.80. The van der Waals surface area contributed by atoms with Gasteiger partial charge in [0.05, 0.1) is 11.0 Å². The maximum Gasteiger partial charge on any atom is 0.112 e. The van der Waals surface area contributed by atoms with Crippen LogP contribution in [0.15, 0.2) is 18.2 Å². The van der Waals surface area contributed by atoms with Gasteiger partial charge in [-0.1, -0.05) is 20.8 Å². The minimum Gasteiger partial charge on any atom is -0.382 e. The van der Waals surface area contributed by atoms with Crippen LogP contribution in [0.1, 0.15) is 45.9 Å². The summed E-state index contributed by atoms with van der Waals surface area (Å²) >= 11 is 0. The zero-order chi connectivity index (χ0) is 14.9. The number of fused-ring (bicyclic) bond motifs is 1. The van der Waals surface area contributed by atoms with E-state index in [9.17, 15) is 0 Å². The molecule has 1 aromatic heterocycles. The quantitative estimate of drug-likeness (QED) is 0.793. The SMILES string of the molecule is CC(C)(C)c1nc2ccc(NC3CCCNCC3)cc2[nH]1. The van der Waals surface area contributed by atoms with Crippen LogP contribution in [0.4, 0.5) is 5.69 Å². The van der Waals surface area contributed by atoms with E-state index in [2.05, 4.69) is 54.6 Å². The van der Waals surface area contributed by atoms with Gasteiger partial charge in [-0.15, -0.1) is 0 Å². The van der Waals surface area contributed by atoms with Gasteiger partial charge in [0, 0.05) is 17.1 Å². The van der Waals surface area contributed by atoms with Crippen molar-refractivity contribution in [3.63, 3.8) is 0 Å². The lowest BCUT2D eigenvalue weighted by Gasteiger charge is -2.17. The second kappa shape index (κ2) is 5.68. The number of aromatic amines is 1. The van der Waals surface area contributed by atoms with Crippen molar-refractivity contribution in [1.82, 2.24) is 15.3 Å². The van der Waals surface area contributed by atoms with Gasteiger partial charge in [-0.25, -0.2) is 4.98 Å². The molecule has 0 spiro atoms. The largest absolute Gasteiger partial charge is 0.382 e. The first-order chi connectivity index (χ1) is 10.0. The molecule has 0 saturated carbocycles. The van der Waals surface area contributed by atoms with Crippen molar-refractivity contribution in [2.45, 2.75) is 51.5 Å². The summed E-state index contributed by atoms with van der Waals surface area (Å²) in [6, 6.07) is 7.02. The maximum atomic E-state index is 4.69. The Morgan fingerprint density at radius 3 is 2.86 bits per heavy atom. The zero-order valence-corrected chi connectivity index (χ0v) is 13.3. The standard InChI is InChI=1S/C17H26N4/c1-17(2,3)16-20-14-7-6-13(11-15(14)21-16)19-12-5-4-9-18-10-8-12/h6-7,11-12,18-19H,4-5,8-10H2,1-3H3,(H,20,21). The average Bonchev–Trinajstić information content (AvgIpc) is 2.69. The number of hydrogen-bond donors (Lipinski definition) is 3. The second-order valence-corrected chi connectivity index (χ2v) is 7.09. The Bertz CT molecular complexity index is 601. The Morgan fingerprint density at radius 2 is 2.05 bits per heavy atom. The van der Waals surface area contributed by atoms with E-state index >= 15 is 0 Å². The molecular formula is C17H26N4. The van der Waals surface area contributed by atoms with E-state index < -0.39 is 0 Å². The number of H-pyrrole nitrogens is 1. The summed E-state index contributed by atoms with van der Waals surface area (Å²) in [6.07, 6.45) is 3.67. The molecule has 3 rings (SSSR count).